The van der Waals surface area contributed by atoms with Crippen molar-refractivity contribution < 1.29 is 4.74 Å². The molecule has 0 amide bonds. The third-order valence-corrected chi connectivity index (χ3v) is 6.71. The Morgan fingerprint density at radius 2 is 1.72 bits per heavy atom. The lowest BCUT2D eigenvalue weighted by atomic mass is 9.97. The molecule has 5 atom stereocenters. The van der Waals surface area contributed by atoms with Crippen LogP contribution in [0.25, 0.3) is 0 Å². The van der Waals surface area contributed by atoms with Crippen LogP contribution in [0.4, 0.5) is 0 Å². The molecule has 2 heteroatoms. The molecule has 1 aromatic rings. The van der Waals surface area contributed by atoms with E-state index in [0.29, 0.717) is 4.83 Å². The monoisotopic (exact) mass is 306 g/mol. The highest BCUT2D eigenvalue weighted by Gasteiger charge is 2.66. The first-order valence-corrected chi connectivity index (χ1v) is 7.99. The second-order valence-electron chi connectivity index (χ2n) is 6.24. The molecule has 96 valence electrons. The Bertz CT molecular complexity index is 439. The molecule has 5 unspecified atom stereocenters. The molecule has 3 aliphatic carbocycles. The second kappa shape index (κ2) is 4.00. The smallest absolute Gasteiger partial charge is 0.118 e. The highest BCUT2D eigenvalue weighted by atomic mass is 79.9. The Morgan fingerprint density at radius 3 is 2.28 bits per heavy atom. The van der Waals surface area contributed by atoms with Gasteiger partial charge in [0.1, 0.15) is 5.75 Å². The van der Waals surface area contributed by atoms with Gasteiger partial charge in [-0.05, 0) is 66.5 Å². The number of ether oxygens (including phenoxy) is 1. The van der Waals surface area contributed by atoms with Crippen molar-refractivity contribution in [1.82, 2.24) is 0 Å². The maximum Gasteiger partial charge on any atom is 0.118 e. The molecule has 0 N–H and O–H groups in total. The van der Waals surface area contributed by atoms with Gasteiger partial charge in [-0.3, -0.25) is 0 Å². The predicted molar refractivity (Wildman–Crippen MR) is 76.0 cm³/mol. The molecule has 3 saturated carbocycles. The summed E-state index contributed by atoms with van der Waals surface area (Å²) in [5.74, 6) is 6.05. The first-order chi connectivity index (χ1) is 8.79. The van der Waals surface area contributed by atoms with E-state index in [2.05, 4.69) is 40.2 Å². The summed E-state index contributed by atoms with van der Waals surface area (Å²) >= 11 is 3.96. The van der Waals surface area contributed by atoms with Crippen LogP contribution >= 0.6 is 15.9 Å². The molecule has 1 nitrogen and oxygen atoms in total. The second-order valence-corrected chi connectivity index (χ2v) is 7.23. The van der Waals surface area contributed by atoms with Gasteiger partial charge in [-0.25, -0.2) is 0 Å². The minimum atomic E-state index is 0.557. The van der Waals surface area contributed by atoms with Crippen LogP contribution in [0.15, 0.2) is 24.3 Å². The van der Waals surface area contributed by atoms with Crippen molar-refractivity contribution in [2.75, 3.05) is 7.11 Å². The molecule has 4 rings (SSSR count). The van der Waals surface area contributed by atoms with Gasteiger partial charge in [0.15, 0.2) is 0 Å². The summed E-state index contributed by atoms with van der Waals surface area (Å²) in [6, 6.07) is 8.59. The van der Waals surface area contributed by atoms with Gasteiger partial charge in [0.25, 0.3) is 0 Å². The molecule has 3 fully saturated rings. The van der Waals surface area contributed by atoms with Crippen LogP contribution in [0.3, 0.4) is 0 Å². The zero-order valence-corrected chi connectivity index (χ0v) is 12.3. The van der Waals surface area contributed by atoms with E-state index in [1.807, 2.05) is 0 Å². The fraction of sp³-hybridized carbons (Fsp3) is 0.625. The SMILES string of the molecule is COc1ccc(C(Br)C2C3C4CCC(C4)C32)cc1. The molecule has 0 aromatic heterocycles. The molecular weight excluding hydrogens is 288 g/mol. The van der Waals surface area contributed by atoms with Gasteiger partial charge in [-0.2, -0.15) is 0 Å². The number of alkyl halides is 1. The summed E-state index contributed by atoms with van der Waals surface area (Å²) in [6.45, 7) is 0. The number of hydrogen-bond donors (Lipinski definition) is 0. The van der Waals surface area contributed by atoms with Crippen LogP contribution in [-0.2, 0) is 0 Å². The normalized spacial score (nSPS) is 41.6. The lowest BCUT2D eigenvalue weighted by Gasteiger charge is -2.15. The van der Waals surface area contributed by atoms with E-state index in [1.54, 1.807) is 7.11 Å². The van der Waals surface area contributed by atoms with E-state index in [1.165, 1.54) is 24.8 Å². The number of benzene rings is 1. The van der Waals surface area contributed by atoms with Gasteiger partial charge in [0.2, 0.25) is 0 Å². The van der Waals surface area contributed by atoms with E-state index in [-0.39, 0.29) is 0 Å². The predicted octanol–water partition coefficient (Wildman–Crippen LogP) is 4.42. The van der Waals surface area contributed by atoms with E-state index in [9.17, 15) is 0 Å². The van der Waals surface area contributed by atoms with Crippen LogP contribution in [0, 0.1) is 29.6 Å². The highest BCUT2D eigenvalue weighted by Crippen LogP contribution is 2.73. The standard InChI is InChI=1S/C16H19BrO/c1-18-12-6-4-9(5-7-12)16(17)15-13-10-2-3-11(8-10)14(13)15/h4-7,10-11,13-16H,2-3,8H2,1H3. The zero-order valence-electron chi connectivity index (χ0n) is 10.7. The van der Waals surface area contributed by atoms with Crippen LogP contribution in [0.5, 0.6) is 5.75 Å². The Balaban J connectivity index is 1.52. The van der Waals surface area contributed by atoms with E-state index in [0.717, 1.165) is 35.3 Å². The Morgan fingerprint density at radius 1 is 1.11 bits per heavy atom. The molecule has 3 aliphatic rings. The third-order valence-electron chi connectivity index (χ3n) is 5.57. The summed E-state index contributed by atoms with van der Waals surface area (Å²) in [7, 11) is 1.73. The topological polar surface area (TPSA) is 9.23 Å². The molecule has 0 radical (unpaired) electrons. The Kier molecular flexibility index (Phi) is 2.52. The van der Waals surface area contributed by atoms with Crippen LogP contribution < -0.4 is 4.74 Å². The number of fused-ring (bicyclic) bond motifs is 5. The minimum Gasteiger partial charge on any atom is -0.497 e. The van der Waals surface area contributed by atoms with Crippen molar-refractivity contribution in [3.8, 4) is 5.75 Å². The van der Waals surface area contributed by atoms with E-state index < -0.39 is 0 Å². The number of methoxy groups -OCH3 is 1. The van der Waals surface area contributed by atoms with Crippen molar-refractivity contribution in [3.63, 3.8) is 0 Å². The maximum atomic E-state index is 5.23. The molecule has 0 heterocycles. The summed E-state index contributed by atoms with van der Waals surface area (Å²) in [5, 5.41) is 0. The first kappa shape index (κ1) is 11.3. The maximum absolute atomic E-state index is 5.23. The summed E-state index contributed by atoms with van der Waals surface area (Å²) < 4.78 is 5.23. The molecule has 18 heavy (non-hydrogen) atoms. The lowest BCUT2D eigenvalue weighted by Crippen LogP contribution is -2.03. The summed E-state index contributed by atoms with van der Waals surface area (Å²) in [6.07, 6.45) is 4.55. The van der Waals surface area contributed by atoms with Gasteiger partial charge in [-0.15, -0.1) is 0 Å². The van der Waals surface area contributed by atoms with E-state index >= 15 is 0 Å². The number of rotatable bonds is 3. The van der Waals surface area contributed by atoms with Crippen molar-refractivity contribution in [1.29, 1.82) is 0 Å². The largest absolute Gasteiger partial charge is 0.497 e. The van der Waals surface area contributed by atoms with Gasteiger partial charge in [0.05, 0.1) is 7.11 Å². The van der Waals surface area contributed by atoms with Crippen molar-refractivity contribution in [2.45, 2.75) is 24.1 Å². The quantitative estimate of drug-likeness (QED) is 0.751. The van der Waals surface area contributed by atoms with Crippen molar-refractivity contribution in [3.05, 3.63) is 29.8 Å². The van der Waals surface area contributed by atoms with Crippen molar-refractivity contribution >= 4 is 15.9 Å². The number of hydrogen-bond acceptors (Lipinski definition) is 1. The zero-order chi connectivity index (χ0) is 12.3. The summed E-state index contributed by atoms with van der Waals surface area (Å²) in [5.41, 5.74) is 1.43. The molecular formula is C16H19BrO. The number of halogens is 1. The van der Waals surface area contributed by atoms with Gasteiger partial charge < -0.3 is 4.74 Å². The molecule has 2 bridgehead atoms. The fourth-order valence-corrected chi connectivity index (χ4v) is 5.80. The Labute approximate surface area is 117 Å². The average molecular weight is 307 g/mol. The average Bonchev–Trinajstić information content (AvgIpc) is 2.85. The third kappa shape index (κ3) is 1.51. The molecule has 0 spiro atoms. The lowest BCUT2D eigenvalue weighted by molar-refractivity contribution is 0.414. The first-order valence-electron chi connectivity index (χ1n) is 7.07. The Hall–Kier alpha value is -0.500. The molecule has 0 aliphatic heterocycles. The van der Waals surface area contributed by atoms with Crippen LogP contribution in [0.2, 0.25) is 0 Å². The minimum absolute atomic E-state index is 0.557. The highest BCUT2D eigenvalue weighted by molar-refractivity contribution is 9.09. The molecule has 0 saturated heterocycles. The van der Waals surface area contributed by atoms with E-state index in [4.69, 9.17) is 4.74 Å². The van der Waals surface area contributed by atoms with Gasteiger partial charge >= 0.3 is 0 Å². The van der Waals surface area contributed by atoms with Gasteiger partial charge in [0, 0.05) is 4.83 Å². The van der Waals surface area contributed by atoms with Crippen LogP contribution in [-0.4, -0.2) is 7.11 Å². The summed E-state index contributed by atoms with van der Waals surface area (Å²) in [4.78, 5) is 0.557. The fourth-order valence-electron chi connectivity index (χ4n) is 4.79. The van der Waals surface area contributed by atoms with Crippen LogP contribution in [0.1, 0.15) is 29.7 Å². The molecule has 1 aromatic carbocycles. The van der Waals surface area contributed by atoms with Gasteiger partial charge in [-0.1, -0.05) is 28.1 Å². The van der Waals surface area contributed by atoms with Crippen molar-refractivity contribution in [2.24, 2.45) is 29.6 Å².